The third-order valence-electron chi connectivity index (χ3n) is 3.45. The maximum Gasteiger partial charge on any atom is 0.254 e. The van der Waals surface area contributed by atoms with Gasteiger partial charge in [0, 0.05) is 31.1 Å². The van der Waals surface area contributed by atoms with E-state index in [4.69, 9.17) is 11.6 Å². The average Bonchev–Trinajstić information content (AvgIpc) is 2.42. The van der Waals surface area contributed by atoms with Crippen LogP contribution < -0.4 is 5.32 Å². The van der Waals surface area contributed by atoms with Crippen LogP contribution in [0.2, 0.25) is 5.02 Å². The minimum atomic E-state index is -0.590. The SMILES string of the molecule is CC(=O)N1CCC(NC(=O)c2cc(Cl)ccc2F)CC1. The van der Waals surface area contributed by atoms with Crippen molar-refractivity contribution in [3.05, 3.63) is 34.6 Å². The second-order valence-corrected chi connectivity index (χ2v) is 5.31. The molecule has 0 spiro atoms. The number of piperidine rings is 1. The lowest BCUT2D eigenvalue weighted by Gasteiger charge is -2.31. The smallest absolute Gasteiger partial charge is 0.254 e. The van der Waals surface area contributed by atoms with Crippen LogP contribution in [0.5, 0.6) is 0 Å². The highest BCUT2D eigenvalue weighted by molar-refractivity contribution is 6.31. The number of rotatable bonds is 2. The van der Waals surface area contributed by atoms with Gasteiger partial charge in [0.15, 0.2) is 0 Å². The molecule has 0 atom stereocenters. The van der Waals surface area contributed by atoms with Crippen molar-refractivity contribution in [2.24, 2.45) is 0 Å². The Morgan fingerprint density at radius 1 is 1.35 bits per heavy atom. The lowest BCUT2D eigenvalue weighted by molar-refractivity contribution is -0.129. The van der Waals surface area contributed by atoms with Crippen LogP contribution in [0.1, 0.15) is 30.1 Å². The van der Waals surface area contributed by atoms with E-state index < -0.39 is 11.7 Å². The second kappa shape index (κ2) is 6.22. The predicted octanol–water partition coefficient (Wildman–Crippen LogP) is 2.22. The van der Waals surface area contributed by atoms with Crippen LogP contribution in [0.25, 0.3) is 0 Å². The number of likely N-dealkylation sites (tertiary alicyclic amines) is 1. The van der Waals surface area contributed by atoms with Crippen molar-refractivity contribution in [3.63, 3.8) is 0 Å². The van der Waals surface area contributed by atoms with E-state index in [9.17, 15) is 14.0 Å². The highest BCUT2D eigenvalue weighted by Crippen LogP contribution is 2.16. The quantitative estimate of drug-likeness (QED) is 0.910. The van der Waals surface area contributed by atoms with Gasteiger partial charge in [-0.2, -0.15) is 0 Å². The van der Waals surface area contributed by atoms with Crippen LogP contribution in [0, 0.1) is 5.82 Å². The first-order valence-electron chi connectivity index (χ1n) is 6.49. The fourth-order valence-electron chi connectivity index (χ4n) is 2.27. The van der Waals surface area contributed by atoms with E-state index in [0.717, 1.165) is 0 Å². The summed E-state index contributed by atoms with van der Waals surface area (Å²) < 4.78 is 13.6. The molecule has 1 aliphatic heterocycles. The van der Waals surface area contributed by atoms with Crippen molar-refractivity contribution in [3.8, 4) is 0 Å². The third kappa shape index (κ3) is 3.48. The van der Waals surface area contributed by atoms with Gasteiger partial charge in [-0.25, -0.2) is 4.39 Å². The average molecular weight is 299 g/mol. The van der Waals surface area contributed by atoms with Crippen molar-refractivity contribution in [2.45, 2.75) is 25.8 Å². The molecule has 1 aromatic rings. The molecule has 4 nitrogen and oxygen atoms in total. The maximum absolute atomic E-state index is 13.6. The number of carbonyl (C=O) groups excluding carboxylic acids is 2. The number of hydrogen-bond donors (Lipinski definition) is 1. The number of nitrogens with zero attached hydrogens (tertiary/aromatic N) is 1. The molecule has 2 rings (SSSR count). The van der Waals surface area contributed by atoms with Gasteiger partial charge in [-0.1, -0.05) is 11.6 Å². The van der Waals surface area contributed by atoms with E-state index in [0.29, 0.717) is 31.0 Å². The van der Waals surface area contributed by atoms with E-state index >= 15 is 0 Å². The Hall–Kier alpha value is -1.62. The summed E-state index contributed by atoms with van der Waals surface area (Å²) in [7, 11) is 0. The third-order valence-corrected chi connectivity index (χ3v) is 3.68. The van der Waals surface area contributed by atoms with Gasteiger partial charge in [0.25, 0.3) is 5.91 Å². The van der Waals surface area contributed by atoms with Crippen LogP contribution in [-0.2, 0) is 4.79 Å². The largest absolute Gasteiger partial charge is 0.349 e. The zero-order valence-corrected chi connectivity index (χ0v) is 11.9. The van der Waals surface area contributed by atoms with Crippen molar-refractivity contribution in [1.82, 2.24) is 10.2 Å². The first-order valence-corrected chi connectivity index (χ1v) is 6.86. The molecule has 0 saturated carbocycles. The van der Waals surface area contributed by atoms with Crippen LogP contribution in [0.4, 0.5) is 4.39 Å². The van der Waals surface area contributed by atoms with Gasteiger partial charge < -0.3 is 10.2 Å². The summed E-state index contributed by atoms with van der Waals surface area (Å²) >= 11 is 5.77. The molecule has 1 fully saturated rings. The topological polar surface area (TPSA) is 49.4 Å². The number of benzene rings is 1. The van der Waals surface area contributed by atoms with Gasteiger partial charge in [0.2, 0.25) is 5.91 Å². The summed E-state index contributed by atoms with van der Waals surface area (Å²) in [6, 6.07) is 3.85. The standard InChI is InChI=1S/C14H16ClFN2O2/c1-9(19)18-6-4-11(5-7-18)17-14(20)12-8-10(15)2-3-13(12)16/h2-3,8,11H,4-7H2,1H3,(H,17,20). The first-order chi connectivity index (χ1) is 9.47. The molecule has 0 radical (unpaired) electrons. The minimum Gasteiger partial charge on any atom is -0.349 e. The number of hydrogen-bond acceptors (Lipinski definition) is 2. The molecule has 0 unspecified atom stereocenters. The molecule has 108 valence electrons. The highest BCUT2D eigenvalue weighted by Gasteiger charge is 2.23. The molecule has 1 saturated heterocycles. The summed E-state index contributed by atoms with van der Waals surface area (Å²) in [6.45, 7) is 2.75. The molecular weight excluding hydrogens is 283 g/mol. The van der Waals surface area contributed by atoms with Crippen molar-refractivity contribution >= 4 is 23.4 Å². The Kier molecular flexibility index (Phi) is 4.60. The van der Waals surface area contributed by atoms with E-state index in [-0.39, 0.29) is 17.5 Å². The Bertz CT molecular complexity index is 528. The number of amides is 2. The molecule has 1 aromatic carbocycles. The lowest BCUT2D eigenvalue weighted by Crippen LogP contribution is -2.46. The molecule has 0 aliphatic carbocycles. The molecule has 0 bridgehead atoms. The monoisotopic (exact) mass is 298 g/mol. The predicted molar refractivity (Wildman–Crippen MR) is 74.2 cm³/mol. The van der Waals surface area contributed by atoms with Gasteiger partial charge in [-0.05, 0) is 31.0 Å². The van der Waals surface area contributed by atoms with Crippen molar-refractivity contribution < 1.29 is 14.0 Å². The van der Waals surface area contributed by atoms with Crippen LogP contribution >= 0.6 is 11.6 Å². The van der Waals surface area contributed by atoms with Crippen LogP contribution in [-0.4, -0.2) is 35.8 Å². The molecule has 2 amide bonds. The summed E-state index contributed by atoms with van der Waals surface area (Å²) in [5, 5.41) is 3.11. The summed E-state index contributed by atoms with van der Waals surface area (Å²) in [6.07, 6.45) is 1.35. The highest BCUT2D eigenvalue weighted by atomic mass is 35.5. The Morgan fingerprint density at radius 3 is 2.60 bits per heavy atom. The number of carbonyl (C=O) groups is 2. The van der Waals surface area contributed by atoms with Crippen molar-refractivity contribution in [2.75, 3.05) is 13.1 Å². The van der Waals surface area contributed by atoms with Gasteiger partial charge >= 0.3 is 0 Å². The van der Waals surface area contributed by atoms with E-state index in [2.05, 4.69) is 5.32 Å². The molecule has 1 heterocycles. The number of halogens is 2. The minimum absolute atomic E-state index is 0.0377. The fourth-order valence-corrected chi connectivity index (χ4v) is 2.45. The molecule has 1 aliphatic rings. The summed E-state index contributed by atoms with van der Waals surface area (Å²) in [4.78, 5) is 25.0. The Balaban J connectivity index is 1.96. The molecule has 0 aromatic heterocycles. The summed E-state index contributed by atoms with van der Waals surface area (Å²) in [5.41, 5.74) is -0.0495. The normalized spacial score (nSPS) is 16.1. The molecule has 1 N–H and O–H groups in total. The van der Waals surface area contributed by atoms with Crippen LogP contribution in [0.15, 0.2) is 18.2 Å². The van der Waals surface area contributed by atoms with Gasteiger partial charge in [0.05, 0.1) is 5.56 Å². The zero-order chi connectivity index (χ0) is 14.7. The van der Waals surface area contributed by atoms with Crippen molar-refractivity contribution in [1.29, 1.82) is 0 Å². The summed E-state index contributed by atoms with van der Waals surface area (Å²) in [5.74, 6) is -1.02. The molecular formula is C14H16ClFN2O2. The van der Waals surface area contributed by atoms with Crippen LogP contribution in [0.3, 0.4) is 0 Å². The van der Waals surface area contributed by atoms with Gasteiger partial charge in [0.1, 0.15) is 5.82 Å². The van der Waals surface area contributed by atoms with E-state index in [1.807, 2.05) is 0 Å². The Morgan fingerprint density at radius 2 is 2.00 bits per heavy atom. The van der Waals surface area contributed by atoms with E-state index in [1.165, 1.54) is 25.1 Å². The molecule has 20 heavy (non-hydrogen) atoms. The molecule has 6 heteroatoms. The van der Waals surface area contributed by atoms with Gasteiger partial charge in [-0.3, -0.25) is 9.59 Å². The Labute approximate surface area is 121 Å². The number of nitrogens with one attached hydrogen (secondary N) is 1. The van der Waals surface area contributed by atoms with Gasteiger partial charge in [-0.15, -0.1) is 0 Å². The second-order valence-electron chi connectivity index (χ2n) is 4.88. The first kappa shape index (κ1) is 14.8. The maximum atomic E-state index is 13.6. The zero-order valence-electron chi connectivity index (χ0n) is 11.2. The fraction of sp³-hybridized carbons (Fsp3) is 0.429. The lowest BCUT2D eigenvalue weighted by atomic mass is 10.0. The van der Waals surface area contributed by atoms with E-state index in [1.54, 1.807) is 4.90 Å².